The van der Waals surface area contributed by atoms with Gasteiger partial charge in [-0.15, -0.1) is 0 Å². The zero-order valence-electron chi connectivity index (χ0n) is 12.5. The zero-order chi connectivity index (χ0) is 14.6. The van der Waals surface area contributed by atoms with E-state index in [-0.39, 0.29) is 17.9 Å². The van der Waals surface area contributed by atoms with Crippen molar-refractivity contribution in [3.05, 3.63) is 18.0 Å². The quantitative estimate of drug-likeness (QED) is 0.890. The molecular weight excluding hydrogens is 254 g/mol. The average Bonchev–Trinajstić information content (AvgIpc) is 2.84. The number of hydrogen-bond donors (Lipinski definition) is 1. The maximum atomic E-state index is 12.4. The highest BCUT2D eigenvalue weighted by molar-refractivity contribution is 5.76. The molecule has 1 saturated heterocycles. The van der Waals surface area contributed by atoms with Crippen LogP contribution < -0.4 is 0 Å². The molecule has 2 heterocycles. The smallest absolute Gasteiger partial charge is 0.244 e. The summed E-state index contributed by atoms with van der Waals surface area (Å²) in [4.78, 5) is 14.3. The first kappa shape index (κ1) is 15.0. The number of nitrogens with zero attached hydrogens (tertiary/aromatic N) is 3. The topological polar surface area (TPSA) is 58.4 Å². The van der Waals surface area contributed by atoms with E-state index in [1.54, 1.807) is 10.9 Å². The highest BCUT2D eigenvalue weighted by Gasteiger charge is 2.35. The maximum Gasteiger partial charge on any atom is 0.244 e. The van der Waals surface area contributed by atoms with E-state index < -0.39 is 0 Å². The minimum Gasteiger partial charge on any atom is -0.396 e. The van der Waals surface area contributed by atoms with Crippen LogP contribution in [0.15, 0.2) is 12.4 Å². The average molecular weight is 279 g/mol. The fourth-order valence-corrected chi connectivity index (χ4v) is 3.16. The van der Waals surface area contributed by atoms with Gasteiger partial charge in [-0.25, -0.2) is 0 Å². The van der Waals surface area contributed by atoms with Crippen molar-refractivity contribution in [1.82, 2.24) is 14.7 Å². The normalized spacial score (nSPS) is 23.1. The Morgan fingerprint density at radius 1 is 1.55 bits per heavy atom. The van der Waals surface area contributed by atoms with Crippen molar-refractivity contribution in [3.63, 3.8) is 0 Å². The summed E-state index contributed by atoms with van der Waals surface area (Å²) in [7, 11) is 0. The molecule has 0 saturated carbocycles. The van der Waals surface area contributed by atoms with Crippen molar-refractivity contribution in [3.8, 4) is 0 Å². The van der Waals surface area contributed by atoms with Crippen LogP contribution >= 0.6 is 0 Å². The number of piperidine rings is 1. The Bertz CT molecular complexity index is 454. The lowest BCUT2D eigenvalue weighted by atomic mass is 9.77. The van der Waals surface area contributed by atoms with E-state index in [0.717, 1.165) is 37.8 Å². The van der Waals surface area contributed by atoms with Gasteiger partial charge in [0, 0.05) is 24.7 Å². The number of aliphatic hydroxyl groups is 1. The largest absolute Gasteiger partial charge is 0.396 e. The second kappa shape index (κ2) is 6.39. The number of aromatic nitrogens is 2. The highest BCUT2D eigenvalue weighted by Crippen LogP contribution is 2.34. The predicted molar refractivity (Wildman–Crippen MR) is 77.2 cm³/mol. The van der Waals surface area contributed by atoms with E-state index >= 15 is 0 Å². The Kier molecular flexibility index (Phi) is 4.81. The Hall–Kier alpha value is -1.36. The highest BCUT2D eigenvalue weighted by atomic mass is 16.3. The lowest BCUT2D eigenvalue weighted by Gasteiger charge is -2.41. The summed E-state index contributed by atoms with van der Waals surface area (Å²) in [5, 5.41) is 13.9. The molecule has 1 aromatic heterocycles. The molecule has 2 rings (SSSR count). The molecule has 5 nitrogen and oxygen atoms in total. The molecule has 20 heavy (non-hydrogen) atoms. The molecule has 1 aliphatic rings. The first-order valence-corrected chi connectivity index (χ1v) is 7.46. The van der Waals surface area contributed by atoms with E-state index in [1.165, 1.54) is 0 Å². The number of hydrogen-bond acceptors (Lipinski definition) is 3. The van der Waals surface area contributed by atoms with Crippen molar-refractivity contribution in [2.75, 3.05) is 19.7 Å². The third kappa shape index (κ3) is 3.39. The predicted octanol–water partition coefficient (Wildman–Crippen LogP) is 1.59. The second-order valence-electron chi connectivity index (χ2n) is 6.04. The van der Waals surface area contributed by atoms with Crippen molar-refractivity contribution >= 4 is 5.91 Å². The Balaban J connectivity index is 1.99. The third-order valence-corrected chi connectivity index (χ3v) is 4.19. The molecule has 0 aromatic carbocycles. The fourth-order valence-electron chi connectivity index (χ4n) is 3.16. The summed E-state index contributed by atoms with van der Waals surface area (Å²) in [6.07, 6.45) is 7.66. The van der Waals surface area contributed by atoms with Gasteiger partial charge in [0.1, 0.15) is 6.54 Å². The summed E-state index contributed by atoms with van der Waals surface area (Å²) >= 11 is 0. The van der Waals surface area contributed by atoms with Crippen LogP contribution in [0, 0.1) is 12.3 Å². The summed E-state index contributed by atoms with van der Waals surface area (Å²) in [6.45, 7) is 6.03. The first-order valence-electron chi connectivity index (χ1n) is 7.46. The van der Waals surface area contributed by atoms with E-state index in [9.17, 15) is 9.90 Å². The van der Waals surface area contributed by atoms with E-state index in [0.29, 0.717) is 13.1 Å². The summed E-state index contributed by atoms with van der Waals surface area (Å²) < 4.78 is 1.69. The third-order valence-electron chi connectivity index (χ3n) is 4.19. The van der Waals surface area contributed by atoms with Gasteiger partial charge >= 0.3 is 0 Å². The summed E-state index contributed by atoms with van der Waals surface area (Å²) in [5.74, 6) is 0.0988. The molecule has 1 atom stereocenters. The van der Waals surface area contributed by atoms with Gasteiger partial charge < -0.3 is 10.0 Å². The summed E-state index contributed by atoms with van der Waals surface area (Å²) in [6, 6.07) is 0. The standard InChI is InChI=1S/C15H25N3O2/c1-3-5-15(12-19)6-4-7-17(11-15)14(20)10-18-9-13(2)8-16-18/h8-9,19H,3-7,10-12H2,1-2H3. The lowest BCUT2D eigenvalue weighted by Crippen LogP contribution is -2.48. The minimum absolute atomic E-state index is 0.0946. The van der Waals surface area contributed by atoms with Crippen LogP contribution in [0.2, 0.25) is 0 Å². The van der Waals surface area contributed by atoms with Gasteiger partial charge in [-0.1, -0.05) is 13.3 Å². The van der Waals surface area contributed by atoms with Crippen LogP contribution in [0.5, 0.6) is 0 Å². The van der Waals surface area contributed by atoms with Gasteiger partial charge in [-0.05, 0) is 31.7 Å². The minimum atomic E-state index is -0.0946. The van der Waals surface area contributed by atoms with Gasteiger partial charge in [0.25, 0.3) is 0 Å². The van der Waals surface area contributed by atoms with Crippen molar-refractivity contribution in [2.45, 2.75) is 46.1 Å². The molecule has 112 valence electrons. The number of aryl methyl sites for hydroxylation is 1. The molecule has 1 fully saturated rings. The molecule has 1 unspecified atom stereocenters. The number of carbonyl (C=O) groups is 1. The number of aliphatic hydroxyl groups excluding tert-OH is 1. The van der Waals surface area contributed by atoms with E-state index in [4.69, 9.17) is 0 Å². The molecular formula is C15H25N3O2. The van der Waals surface area contributed by atoms with Crippen LogP contribution in [0.3, 0.4) is 0 Å². The van der Waals surface area contributed by atoms with Crippen molar-refractivity contribution < 1.29 is 9.90 Å². The fraction of sp³-hybridized carbons (Fsp3) is 0.733. The van der Waals surface area contributed by atoms with E-state index in [2.05, 4.69) is 12.0 Å². The van der Waals surface area contributed by atoms with Crippen LogP contribution in [0.4, 0.5) is 0 Å². The number of likely N-dealkylation sites (tertiary alicyclic amines) is 1. The van der Waals surface area contributed by atoms with Gasteiger partial charge in [0.05, 0.1) is 12.8 Å². The molecule has 1 aliphatic heterocycles. The van der Waals surface area contributed by atoms with E-state index in [1.807, 2.05) is 18.0 Å². The molecule has 0 spiro atoms. The molecule has 0 radical (unpaired) electrons. The monoisotopic (exact) mass is 279 g/mol. The Morgan fingerprint density at radius 3 is 2.95 bits per heavy atom. The van der Waals surface area contributed by atoms with Crippen LogP contribution in [0.1, 0.15) is 38.2 Å². The second-order valence-corrected chi connectivity index (χ2v) is 6.04. The maximum absolute atomic E-state index is 12.4. The molecule has 0 bridgehead atoms. The SMILES string of the molecule is CCCC1(CO)CCCN(C(=O)Cn2cc(C)cn2)C1. The van der Waals surface area contributed by atoms with Crippen molar-refractivity contribution in [2.24, 2.45) is 5.41 Å². The number of rotatable bonds is 5. The summed E-state index contributed by atoms with van der Waals surface area (Å²) in [5.41, 5.74) is 0.968. The Morgan fingerprint density at radius 2 is 2.35 bits per heavy atom. The number of carbonyl (C=O) groups excluding carboxylic acids is 1. The van der Waals surface area contributed by atoms with Gasteiger partial charge in [-0.3, -0.25) is 9.48 Å². The first-order chi connectivity index (χ1) is 9.58. The molecule has 1 amide bonds. The molecule has 1 aromatic rings. The van der Waals surface area contributed by atoms with Crippen LogP contribution in [-0.4, -0.2) is 45.4 Å². The Labute approximate surface area is 120 Å². The van der Waals surface area contributed by atoms with Crippen LogP contribution in [-0.2, 0) is 11.3 Å². The van der Waals surface area contributed by atoms with Gasteiger partial charge in [-0.2, -0.15) is 5.10 Å². The van der Waals surface area contributed by atoms with Crippen molar-refractivity contribution in [1.29, 1.82) is 0 Å². The molecule has 0 aliphatic carbocycles. The van der Waals surface area contributed by atoms with Gasteiger partial charge in [0.15, 0.2) is 0 Å². The molecule has 1 N–H and O–H groups in total. The van der Waals surface area contributed by atoms with Crippen LogP contribution in [0.25, 0.3) is 0 Å². The molecule has 5 heteroatoms. The number of amides is 1. The lowest BCUT2D eigenvalue weighted by molar-refractivity contribution is -0.136. The zero-order valence-corrected chi connectivity index (χ0v) is 12.5. The van der Waals surface area contributed by atoms with Gasteiger partial charge in [0.2, 0.25) is 5.91 Å².